The zero-order valence-electron chi connectivity index (χ0n) is 12.3. The summed E-state index contributed by atoms with van der Waals surface area (Å²) in [6.45, 7) is 2.26. The molecule has 1 aliphatic carbocycles. The number of aromatic nitrogens is 3. The molecule has 0 unspecified atom stereocenters. The van der Waals surface area contributed by atoms with Crippen molar-refractivity contribution in [2.45, 2.75) is 39.0 Å². The van der Waals surface area contributed by atoms with Crippen molar-refractivity contribution in [2.75, 3.05) is 13.6 Å². The van der Waals surface area contributed by atoms with Gasteiger partial charge in [0.1, 0.15) is 5.76 Å². The Morgan fingerprint density at radius 2 is 2.05 bits per heavy atom. The van der Waals surface area contributed by atoms with E-state index in [0.29, 0.717) is 30.4 Å². The van der Waals surface area contributed by atoms with Crippen molar-refractivity contribution < 1.29 is 13.8 Å². The average Bonchev–Trinajstić information content (AvgIpc) is 3.10. The van der Waals surface area contributed by atoms with Gasteiger partial charge in [0, 0.05) is 38.9 Å². The topological polar surface area (TPSA) is 85.3 Å². The fourth-order valence-corrected chi connectivity index (χ4v) is 2.55. The Bertz CT molecular complexity index is 646. The molecule has 2 aromatic heterocycles. The van der Waals surface area contributed by atoms with Crippen LogP contribution in [-0.4, -0.2) is 39.7 Å². The third-order valence-corrected chi connectivity index (χ3v) is 3.74. The van der Waals surface area contributed by atoms with E-state index in [2.05, 4.69) is 15.3 Å². The molecule has 1 amide bonds. The van der Waals surface area contributed by atoms with Crippen molar-refractivity contribution in [3.8, 4) is 0 Å². The first-order valence-corrected chi connectivity index (χ1v) is 7.17. The number of carbonyl (C=O) groups excluding carboxylic acids is 1. The minimum absolute atomic E-state index is 0.109. The fraction of sp³-hybridized carbons (Fsp3) is 0.571. The van der Waals surface area contributed by atoms with E-state index >= 15 is 0 Å². The number of hydrogen-bond donors (Lipinski definition) is 0. The zero-order valence-corrected chi connectivity index (χ0v) is 12.3. The van der Waals surface area contributed by atoms with Gasteiger partial charge in [0.15, 0.2) is 11.5 Å². The molecule has 0 fully saturated rings. The summed E-state index contributed by atoms with van der Waals surface area (Å²) in [5.41, 5.74) is 1.44. The first-order chi connectivity index (χ1) is 10.1. The highest BCUT2D eigenvalue weighted by molar-refractivity contribution is 5.93. The Morgan fingerprint density at radius 3 is 2.81 bits per heavy atom. The summed E-state index contributed by atoms with van der Waals surface area (Å²) in [5.74, 6) is 1.90. The van der Waals surface area contributed by atoms with Gasteiger partial charge in [-0.3, -0.25) is 4.79 Å². The molecular formula is C14H18N4O3. The van der Waals surface area contributed by atoms with Crippen LogP contribution in [-0.2, 0) is 19.3 Å². The van der Waals surface area contributed by atoms with E-state index < -0.39 is 0 Å². The number of amides is 1. The van der Waals surface area contributed by atoms with Gasteiger partial charge < -0.3 is 13.9 Å². The number of aryl methyl sites for hydroxylation is 2. The lowest BCUT2D eigenvalue weighted by Crippen LogP contribution is -2.30. The molecule has 0 aliphatic heterocycles. The second-order valence-electron chi connectivity index (χ2n) is 5.35. The first kappa shape index (κ1) is 13.8. The van der Waals surface area contributed by atoms with E-state index in [1.165, 1.54) is 0 Å². The highest BCUT2D eigenvalue weighted by Crippen LogP contribution is 2.24. The molecule has 0 aromatic carbocycles. The second-order valence-corrected chi connectivity index (χ2v) is 5.35. The minimum atomic E-state index is -0.109. The molecule has 2 aromatic rings. The van der Waals surface area contributed by atoms with Crippen LogP contribution < -0.4 is 0 Å². The number of rotatable bonds is 4. The van der Waals surface area contributed by atoms with Crippen molar-refractivity contribution in [2.24, 2.45) is 0 Å². The Labute approximate surface area is 122 Å². The summed E-state index contributed by atoms with van der Waals surface area (Å²) in [7, 11) is 1.75. The van der Waals surface area contributed by atoms with E-state index in [0.717, 1.165) is 37.0 Å². The lowest BCUT2D eigenvalue weighted by molar-refractivity contribution is 0.0784. The number of likely N-dealkylation sites (N-methyl/N-ethyl adjacent to an activating group) is 1. The highest BCUT2D eigenvalue weighted by atomic mass is 16.5. The maximum Gasteiger partial charge on any atom is 0.276 e. The van der Waals surface area contributed by atoms with Gasteiger partial charge in [-0.2, -0.15) is 4.98 Å². The molecule has 1 aliphatic rings. The van der Waals surface area contributed by atoms with Crippen LogP contribution in [0.1, 0.15) is 46.4 Å². The SMILES string of the molecule is Cc1nc(CCN(C)C(=O)c2noc3c2CCCC3)no1. The molecule has 2 heterocycles. The number of carbonyl (C=O) groups is 1. The monoisotopic (exact) mass is 290 g/mol. The molecule has 0 bridgehead atoms. The summed E-state index contributed by atoms with van der Waals surface area (Å²) in [6, 6.07) is 0. The lowest BCUT2D eigenvalue weighted by Gasteiger charge is -2.16. The summed E-state index contributed by atoms with van der Waals surface area (Å²) in [6.07, 6.45) is 4.49. The molecule has 3 rings (SSSR count). The van der Waals surface area contributed by atoms with Gasteiger partial charge in [-0.25, -0.2) is 0 Å². The first-order valence-electron chi connectivity index (χ1n) is 7.17. The van der Waals surface area contributed by atoms with E-state index in [4.69, 9.17) is 9.05 Å². The fourth-order valence-electron chi connectivity index (χ4n) is 2.55. The van der Waals surface area contributed by atoms with E-state index in [9.17, 15) is 4.79 Å². The molecule has 0 saturated carbocycles. The minimum Gasteiger partial charge on any atom is -0.360 e. The van der Waals surface area contributed by atoms with Gasteiger partial charge in [0.2, 0.25) is 5.89 Å². The van der Waals surface area contributed by atoms with Crippen molar-refractivity contribution in [3.05, 3.63) is 28.7 Å². The van der Waals surface area contributed by atoms with Crippen LogP contribution in [0.5, 0.6) is 0 Å². The Morgan fingerprint density at radius 1 is 1.24 bits per heavy atom. The Kier molecular flexibility index (Phi) is 3.72. The predicted molar refractivity (Wildman–Crippen MR) is 72.8 cm³/mol. The van der Waals surface area contributed by atoms with Crippen molar-refractivity contribution in [1.29, 1.82) is 0 Å². The van der Waals surface area contributed by atoms with Crippen LogP contribution in [0.3, 0.4) is 0 Å². The van der Waals surface area contributed by atoms with Crippen molar-refractivity contribution >= 4 is 5.91 Å². The van der Waals surface area contributed by atoms with Gasteiger partial charge in [0.25, 0.3) is 5.91 Å². The van der Waals surface area contributed by atoms with E-state index in [1.54, 1.807) is 18.9 Å². The number of hydrogen-bond acceptors (Lipinski definition) is 6. The molecule has 7 heteroatoms. The summed E-state index contributed by atoms with van der Waals surface area (Å²) < 4.78 is 10.2. The number of fused-ring (bicyclic) bond motifs is 1. The molecule has 7 nitrogen and oxygen atoms in total. The molecular weight excluding hydrogens is 272 g/mol. The summed E-state index contributed by atoms with van der Waals surface area (Å²) in [4.78, 5) is 18.2. The maximum absolute atomic E-state index is 12.4. The maximum atomic E-state index is 12.4. The zero-order chi connectivity index (χ0) is 14.8. The van der Waals surface area contributed by atoms with Gasteiger partial charge in [-0.05, 0) is 19.3 Å². The van der Waals surface area contributed by atoms with Crippen molar-refractivity contribution in [1.82, 2.24) is 20.2 Å². The van der Waals surface area contributed by atoms with Gasteiger partial charge in [-0.1, -0.05) is 10.3 Å². The summed E-state index contributed by atoms with van der Waals surface area (Å²) in [5, 5.41) is 7.78. The average molecular weight is 290 g/mol. The van der Waals surface area contributed by atoms with E-state index in [1.807, 2.05) is 0 Å². The molecule has 112 valence electrons. The van der Waals surface area contributed by atoms with Crippen LogP contribution in [0, 0.1) is 6.92 Å². The van der Waals surface area contributed by atoms with Crippen molar-refractivity contribution in [3.63, 3.8) is 0 Å². The van der Waals surface area contributed by atoms with Gasteiger partial charge in [0.05, 0.1) is 0 Å². The third kappa shape index (κ3) is 2.81. The predicted octanol–water partition coefficient (Wildman–Crippen LogP) is 1.56. The Balaban J connectivity index is 1.65. The smallest absolute Gasteiger partial charge is 0.276 e. The lowest BCUT2D eigenvalue weighted by atomic mass is 9.96. The summed E-state index contributed by atoms with van der Waals surface area (Å²) >= 11 is 0. The normalized spacial score (nSPS) is 14.0. The number of nitrogens with zero attached hydrogens (tertiary/aromatic N) is 4. The standard InChI is InChI=1S/C14H18N4O3/c1-9-15-12(16-20-9)7-8-18(2)14(19)13-10-5-3-4-6-11(10)21-17-13/h3-8H2,1-2H3. The highest BCUT2D eigenvalue weighted by Gasteiger charge is 2.26. The van der Waals surface area contributed by atoms with Crippen LogP contribution >= 0.6 is 0 Å². The molecule has 0 spiro atoms. The van der Waals surface area contributed by atoms with Crippen LogP contribution in [0.2, 0.25) is 0 Å². The van der Waals surface area contributed by atoms with Crippen LogP contribution in [0.4, 0.5) is 0 Å². The van der Waals surface area contributed by atoms with Crippen LogP contribution in [0.25, 0.3) is 0 Å². The molecule has 0 N–H and O–H groups in total. The molecule has 0 saturated heterocycles. The molecule has 0 atom stereocenters. The largest absolute Gasteiger partial charge is 0.360 e. The van der Waals surface area contributed by atoms with E-state index in [-0.39, 0.29) is 5.91 Å². The van der Waals surface area contributed by atoms with Gasteiger partial charge >= 0.3 is 0 Å². The second kappa shape index (κ2) is 5.67. The van der Waals surface area contributed by atoms with Crippen LogP contribution in [0.15, 0.2) is 9.05 Å². The molecule has 21 heavy (non-hydrogen) atoms. The molecule has 0 radical (unpaired) electrons. The third-order valence-electron chi connectivity index (χ3n) is 3.74. The quantitative estimate of drug-likeness (QED) is 0.849. The Hall–Kier alpha value is -2.18. The van der Waals surface area contributed by atoms with Gasteiger partial charge in [-0.15, -0.1) is 0 Å².